The lowest BCUT2D eigenvalue weighted by Crippen LogP contribution is -2.34. The Morgan fingerprint density at radius 3 is 2.43 bits per heavy atom. The van der Waals surface area contributed by atoms with E-state index in [0.29, 0.717) is 5.75 Å². The number of carbonyl (C=O) groups is 1. The number of hydrogen-bond acceptors (Lipinski definition) is 3. The predicted molar refractivity (Wildman–Crippen MR) is 94.7 cm³/mol. The number of fused-ring (bicyclic) bond motifs is 1. The van der Waals surface area contributed by atoms with Crippen molar-refractivity contribution in [1.82, 2.24) is 5.43 Å². The molecule has 4 nitrogen and oxygen atoms in total. The summed E-state index contributed by atoms with van der Waals surface area (Å²) in [7, 11) is 0. The molecule has 0 aromatic heterocycles. The van der Waals surface area contributed by atoms with Gasteiger partial charge < -0.3 is 4.74 Å². The molecule has 122 valence electrons. The van der Waals surface area contributed by atoms with Crippen LogP contribution in [0.15, 0.2) is 47.6 Å². The molecule has 1 amide bonds. The number of nitrogens with zero attached hydrogens (tertiary/aromatic N) is 1. The fourth-order valence-corrected chi connectivity index (χ4v) is 1.90. The number of amides is 1. The van der Waals surface area contributed by atoms with Gasteiger partial charge in [-0.15, -0.1) is 0 Å². The van der Waals surface area contributed by atoms with E-state index in [4.69, 9.17) is 4.74 Å². The smallest absolute Gasteiger partial charge is 0.280 e. The maximum Gasteiger partial charge on any atom is 0.280 e. The lowest BCUT2D eigenvalue weighted by molar-refractivity contribution is -0.127. The second kappa shape index (κ2) is 6.82. The van der Waals surface area contributed by atoms with Gasteiger partial charge in [-0.2, -0.15) is 5.10 Å². The molecule has 0 radical (unpaired) electrons. The largest absolute Gasteiger partial charge is 0.481 e. The first kappa shape index (κ1) is 17.0. The summed E-state index contributed by atoms with van der Waals surface area (Å²) in [6, 6.07) is 13.8. The third-order valence-corrected chi connectivity index (χ3v) is 3.82. The van der Waals surface area contributed by atoms with Crippen molar-refractivity contribution in [3.8, 4) is 5.75 Å². The summed E-state index contributed by atoms with van der Waals surface area (Å²) < 4.78 is 5.72. The summed E-state index contributed by atoms with van der Waals surface area (Å²) >= 11 is 0. The van der Waals surface area contributed by atoms with Gasteiger partial charge in [0.05, 0.1) is 0 Å². The van der Waals surface area contributed by atoms with Crippen LogP contribution in [0.4, 0.5) is 0 Å². The molecule has 0 saturated heterocycles. The number of nitrogens with one attached hydrogen (secondary N) is 1. The van der Waals surface area contributed by atoms with Crippen LogP contribution in [0.2, 0.25) is 0 Å². The molecule has 2 aromatic rings. The first-order valence-corrected chi connectivity index (χ1v) is 7.77. The van der Waals surface area contributed by atoms with Crippen LogP contribution >= 0.6 is 0 Å². The van der Waals surface area contributed by atoms with E-state index in [9.17, 15) is 4.79 Å². The molecule has 1 unspecified atom stereocenters. The summed E-state index contributed by atoms with van der Waals surface area (Å²) in [4.78, 5) is 12.1. The van der Waals surface area contributed by atoms with Gasteiger partial charge in [0.1, 0.15) is 5.75 Å². The Labute approximate surface area is 137 Å². The normalized spacial score (nSPS) is 13.7. The maximum absolute atomic E-state index is 12.1. The molecular formula is C19H24N2O2. The Kier molecular flexibility index (Phi) is 5.04. The van der Waals surface area contributed by atoms with Gasteiger partial charge in [0.25, 0.3) is 5.91 Å². The maximum atomic E-state index is 12.1. The highest BCUT2D eigenvalue weighted by atomic mass is 16.5. The molecule has 0 saturated carbocycles. The van der Waals surface area contributed by atoms with Gasteiger partial charge in [0.15, 0.2) is 6.10 Å². The lowest BCUT2D eigenvalue weighted by Gasteiger charge is -2.18. The van der Waals surface area contributed by atoms with Crippen molar-refractivity contribution >= 4 is 22.4 Å². The summed E-state index contributed by atoms with van der Waals surface area (Å²) in [6.07, 6.45) is -0.618. The quantitative estimate of drug-likeness (QED) is 0.681. The van der Waals surface area contributed by atoms with E-state index in [-0.39, 0.29) is 11.3 Å². The first-order valence-electron chi connectivity index (χ1n) is 7.77. The van der Waals surface area contributed by atoms with Crippen molar-refractivity contribution in [2.24, 2.45) is 10.5 Å². The average molecular weight is 312 g/mol. The summed E-state index contributed by atoms with van der Waals surface area (Å²) in [5, 5.41) is 6.37. The van der Waals surface area contributed by atoms with Crippen LogP contribution < -0.4 is 10.2 Å². The third kappa shape index (κ3) is 4.55. The fourth-order valence-electron chi connectivity index (χ4n) is 1.90. The molecule has 0 spiro atoms. The van der Waals surface area contributed by atoms with Gasteiger partial charge in [0, 0.05) is 11.1 Å². The van der Waals surface area contributed by atoms with E-state index in [1.54, 1.807) is 6.92 Å². The SMILES string of the molecule is CC(=NNC(=O)C(C)Oc1ccc2ccccc2c1)C(C)(C)C. The number of rotatable bonds is 4. The molecule has 2 rings (SSSR count). The molecule has 1 atom stereocenters. The molecular weight excluding hydrogens is 288 g/mol. The lowest BCUT2D eigenvalue weighted by atomic mass is 9.91. The zero-order valence-electron chi connectivity index (χ0n) is 14.4. The van der Waals surface area contributed by atoms with Crippen molar-refractivity contribution in [2.45, 2.75) is 40.7 Å². The average Bonchev–Trinajstić information content (AvgIpc) is 2.51. The topological polar surface area (TPSA) is 50.7 Å². The van der Waals surface area contributed by atoms with Gasteiger partial charge in [-0.25, -0.2) is 5.43 Å². The first-order chi connectivity index (χ1) is 10.8. The van der Waals surface area contributed by atoms with Crippen molar-refractivity contribution in [3.05, 3.63) is 42.5 Å². The molecule has 4 heteroatoms. The molecule has 0 aliphatic carbocycles. The van der Waals surface area contributed by atoms with Crippen molar-refractivity contribution in [3.63, 3.8) is 0 Å². The van der Waals surface area contributed by atoms with Gasteiger partial charge >= 0.3 is 0 Å². The fraction of sp³-hybridized carbons (Fsp3) is 0.368. The summed E-state index contributed by atoms with van der Waals surface area (Å²) in [5.74, 6) is 0.407. The molecule has 0 aliphatic heterocycles. The minimum Gasteiger partial charge on any atom is -0.481 e. The number of hydrazone groups is 1. The highest BCUT2D eigenvalue weighted by molar-refractivity contribution is 5.89. The molecule has 0 bridgehead atoms. The standard InChI is InChI=1S/C19H24N2O2/c1-13(18(22)21-20-14(2)19(3,4)5)23-17-11-10-15-8-6-7-9-16(15)12-17/h6-13H,1-5H3,(H,21,22). The van der Waals surface area contributed by atoms with E-state index >= 15 is 0 Å². The van der Waals surface area contributed by atoms with E-state index < -0.39 is 6.10 Å². The zero-order chi connectivity index (χ0) is 17.0. The van der Waals surface area contributed by atoms with Crippen molar-refractivity contribution in [2.75, 3.05) is 0 Å². The molecule has 0 fully saturated rings. The van der Waals surface area contributed by atoms with E-state index in [1.165, 1.54) is 0 Å². The van der Waals surface area contributed by atoms with Crippen LogP contribution in [0.1, 0.15) is 34.6 Å². The van der Waals surface area contributed by atoms with Gasteiger partial charge in [-0.1, -0.05) is 51.1 Å². The summed E-state index contributed by atoms with van der Waals surface area (Å²) in [5.41, 5.74) is 3.36. The van der Waals surface area contributed by atoms with E-state index in [0.717, 1.165) is 16.5 Å². The number of carbonyl (C=O) groups excluding carboxylic acids is 1. The van der Waals surface area contributed by atoms with Crippen LogP contribution in [0.5, 0.6) is 5.75 Å². The molecule has 0 heterocycles. The molecule has 1 N–H and O–H groups in total. The molecule has 0 aliphatic rings. The Morgan fingerprint density at radius 2 is 1.78 bits per heavy atom. The van der Waals surface area contributed by atoms with Crippen LogP contribution in [-0.2, 0) is 4.79 Å². The van der Waals surface area contributed by atoms with E-state index in [1.807, 2.05) is 70.2 Å². The third-order valence-electron chi connectivity index (χ3n) is 3.82. The van der Waals surface area contributed by atoms with Gasteiger partial charge in [-0.3, -0.25) is 4.79 Å². The Bertz CT molecular complexity index is 729. The number of benzene rings is 2. The second-order valence-electron chi connectivity index (χ2n) is 6.69. The number of ether oxygens (including phenoxy) is 1. The van der Waals surface area contributed by atoms with Crippen LogP contribution in [0, 0.1) is 5.41 Å². The van der Waals surface area contributed by atoms with Crippen LogP contribution in [-0.4, -0.2) is 17.7 Å². The van der Waals surface area contributed by atoms with E-state index in [2.05, 4.69) is 10.5 Å². The highest BCUT2D eigenvalue weighted by Crippen LogP contribution is 2.21. The van der Waals surface area contributed by atoms with Crippen LogP contribution in [0.25, 0.3) is 10.8 Å². The van der Waals surface area contributed by atoms with Gasteiger partial charge in [0.2, 0.25) is 0 Å². The Morgan fingerprint density at radius 1 is 1.13 bits per heavy atom. The summed E-state index contributed by atoms with van der Waals surface area (Å²) in [6.45, 7) is 9.76. The van der Waals surface area contributed by atoms with Crippen molar-refractivity contribution < 1.29 is 9.53 Å². The van der Waals surface area contributed by atoms with Crippen molar-refractivity contribution in [1.29, 1.82) is 0 Å². The highest BCUT2D eigenvalue weighted by Gasteiger charge is 2.17. The molecule has 2 aromatic carbocycles. The molecule has 23 heavy (non-hydrogen) atoms. The Balaban J connectivity index is 2.02. The predicted octanol–water partition coefficient (Wildman–Crippen LogP) is 4.15. The second-order valence-corrected chi connectivity index (χ2v) is 6.69. The minimum absolute atomic E-state index is 0.0737. The minimum atomic E-state index is -0.618. The Hall–Kier alpha value is -2.36. The zero-order valence-corrected chi connectivity index (χ0v) is 14.4. The van der Waals surface area contributed by atoms with Gasteiger partial charge in [-0.05, 0) is 36.8 Å². The monoisotopic (exact) mass is 312 g/mol. The van der Waals surface area contributed by atoms with Crippen LogP contribution in [0.3, 0.4) is 0 Å². The number of hydrogen-bond donors (Lipinski definition) is 1.